The minimum absolute atomic E-state index is 0.0144. The molecule has 1 unspecified atom stereocenters. The first-order valence-electron chi connectivity index (χ1n) is 6.30. The van der Waals surface area contributed by atoms with E-state index >= 15 is 0 Å². The Morgan fingerprint density at radius 1 is 1.61 bits per heavy atom. The van der Waals surface area contributed by atoms with Crippen LogP contribution in [0, 0.1) is 0 Å². The molecule has 0 aliphatic heterocycles. The van der Waals surface area contributed by atoms with E-state index in [0.29, 0.717) is 17.9 Å². The Kier molecular flexibility index (Phi) is 4.04. The van der Waals surface area contributed by atoms with Gasteiger partial charge in [-0.25, -0.2) is 4.79 Å². The van der Waals surface area contributed by atoms with Crippen LogP contribution in [0.4, 0.5) is 0 Å². The maximum absolute atomic E-state index is 10.7. The number of ether oxygens (including phenoxy) is 1. The summed E-state index contributed by atoms with van der Waals surface area (Å²) >= 11 is 0. The number of carbonyl (C=O) groups is 1. The summed E-state index contributed by atoms with van der Waals surface area (Å²) in [5.41, 5.74) is 0. The molecule has 0 amide bonds. The number of carboxylic acid groups (broad SMARTS) is 1. The van der Waals surface area contributed by atoms with Gasteiger partial charge in [-0.3, -0.25) is 0 Å². The molecule has 1 atom stereocenters. The summed E-state index contributed by atoms with van der Waals surface area (Å²) in [6.07, 6.45) is 2.38. The number of hydrogen-bond donors (Lipinski definition) is 2. The van der Waals surface area contributed by atoms with Gasteiger partial charge in [0.25, 0.3) is 0 Å². The highest BCUT2D eigenvalue weighted by Gasteiger charge is 2.31. The fraction of sp³-hybridized carbons (Fsp3) is 0.615. The van der Waals surface area contributed by atoms with Crippen molar-refractivity contribution >= 4 is 5.97 Å². The van der Waals surface area contributed by atoms with Crippen molar-refractivity contribution in [1.29, 1.82) is 0 Å². The average molecular weight is 253 g/mol. The predicted molar refractivity (Wildman–Crippen MR) is 65.7 cm³/mol. The van der Waals surface area contributed by atoms with Crippen LogP contribution in [0.5, 0.6) is 0 Å². The molecule has 0 radical (unpaired) electrons. The van der Waals surface area contributed by atoms with Crippen molar-refractivity contribution in [1.82, 2.24) is 5.32 Å². The standard InChI is InChI=1S/C13H19NO4/c1-3-17-10-6-9(7-10)14-8(2)11-4-5-12(18-11)13(15)16/h4-5,8-10,14H,3,6-7H2,1-2H3,(H,15,16). The van der Waals surface area contributed by atoms with Crippen LogP contribution in [0.3, 0.4) is 0 Å². The summed E-state index contributed by atoms with van der Waals surface area (Å²) in [5.74, 6) is -0.389. The van der Waals surface area contributed by atoms with E-state index in [9.17, 15) is 4.79 Å². The van der Waals surface area contributed by atoms with Gasteiger partial charge in [-0.1, -0.05) is 0 Å². The lowest BCUT2D eigenvalue weighted by Crippen LogP contribution is -2.46. The number of aromatic carboxylic acids is 1. The van der Waals surface area contributed by atoms with E-state index in [4.69, 9.17) is 14.3 Å². The van der Waals surface area contributed by atoms with Crippen molar-refractivity contribution in [3.05, 3.63) is 23.7 Å². The molecule has 18 heavy (non-hydrogen) atoms. The van der Waals surface area contributed by atoms with Crippen molar-refractivity contribution in [2.75, 3.05) is 6.61 Å². The van der Waals surface area contributed by atoms with E-state index in [1.165, 1.54) is 6.07 Å². The van der Waals surface area contributed by atoms with Gasteiger partial charge in [-0.15, -0.1) is 0 Å². The molecule has 1 aliphatic rings. The minimum atomic E-state index is -1.03. The Morgan fingerprint density at radius 2 is 2.33 bits per heavy atom. The molecule has 1 fully saturated rings. The van der Waals surface area contributed by atoms with Gasteiger partial charge in [0, 0.05) is 12.6 Å². The summed E-state index contributed by atoms with van der Waals surface area (Å²) < 4.78 is 10.7. The van der Waals surface area contributed by atoms with Gasteiger partial charge >= 0.3 is 5.97 Å². The molecule has 1 saturated carbocycles. The molecule has 5 nitrogen and oxygen atoms in total. The third-order valence-corrected chi connectivity index (χ3v) is 3.25. The van der Waals surface area contributed by atoms with Crippen LogP contribution in [0.1, 0.15) is 49.0 Å². The predicted octanol–water partition coefficient (Wildman–Crippen LogP) is 2.20. The van der Waals surface area contributed by atoms with Crippen molar-refractivity contribution < 1.29 is 19.1 Å². The number of hydrogen-bond acceptors (Lipinski definition) is 4. The summed E-state index contributed by atoms with van der Waals surface area (Å²) in [6.45, 7) is 4.73. The lowest BCUT2D eigenvalue weighted by atomic mass is 9.88. The fourth-order valence-electron chi connectivity index (χ4n) is 2.21. The van der Waals surface area contributed by atoms with E-state index in [1.807, 2.05) is 13.8 Å². The van der Waals surface area contributed by atoms with E-state index < -0.39 is 5.97 Å². The second-order valence-electron chi connectivity index (χ2n) is 4.64. The summed E-state index contributed by atoms with van der Waals surface area (Å²) in [7, 11) is 0. The van der Waals surface area contributed by atoms with Gasteiger partial charge in [0.2, 0.25) is 5.76 Å². The Balaban J connectivity index is 1.81. The SMILES string of the molecule is CCOC1CC(NC(C)c2ccc(C(=O)O)o2)C1. The molecule has 2 N–H and O–H groups in total. The highest BCUT2D eigenvalue weighted by atomic mass is 16.5. The summed E-state index contributed by atoms with van der Waals surface area (Å²) in [5, 5.41) is 12.2. The van der Waals surface area contributed by atoms with Crippen molar-refractivity contribution in [2.45, 2.75) is 44.9 Å². The molecule has 1 heterocycles. The monoisotopic (exact) mass is 253 g/mol. The zero-order valence-electron chi connectivity index (χ0n) is 10.7. The van der Waals surface area contributed by atoms with Gasteiger partial charge in [0.15, 0.2) is 0 Å². The number of carboxylic acids is 1. The smallest absolute Gasteiger partial charge is 0.371 e. The lowest BCUT2D eigenvalue weighted by Gasteiger charge is -2.37. The molecule has 1 aromatic heterocycles. The summed E-state index contributed by atoms with van der Waals surface area (Å²) in [4.78, 5) is 10.7. The van der Waals surface area contributed by atoms with Crippen molar-refractivity contribution in [3.63, 3.8) is 0 Å². The van der Waals surface area contributed by atoms with E-state index in [-0.39, 0.29) is 11.8 Å². The second-order valence-corrected chi connectivity index (χ2v) is 4.64. The van der Waals surface area contributed by atoms with Crippen molar-refractivity contribution in [2.24, 2.45) is 0 Å². The highest BCUT2D eigenvalue weighted by molar-refractivity contribution is 5.84. The largest absolute Gasteiger partial charge is 0.475 e. The number of nitrogens with one attached hydrogen (secondary N) is 1. The molecule has 5 heteroatoms. The number of furan rings is 1. The van der Waals surface area contributed by atoms with Gasteiger partial charge in [0.1, 0.15) is 5.76 Å². The first kappa shape index (κ1) is 13.1. The molecular weight excluding hydrogens is 234 g/mol. The van der Waals surface area contributed by atoms with Crippen LogP contribution in [0.2, 0.25) is 0 Å². The zero-order chi connectivity index (χ0) is 13.1. The minimum Gasteiger partial charge on any atom is -0.475 e. The van der Waals surface area contributed by atoms with E-state index in [1.54, 1.807) is 6.07 Å². The van der Waals surface area contributed by atoms with Crippen LogP contribution in [-0.4, -0.2) is 29.8 Å². The molecule has 2 rings (SSSR count). The first-order chi connectivity index (χ1) is 8.60. The molecule has 0 aromatic carbocycles. The molecule has 100 valence electrons. The molecular formula is C13H19NO4. The van der Waals surface area contributed by atoms with Gasteiger partial charge in [0.05, 0.1) is 12.1 Å². The second kappa shape index (κ2) is 5.54. The maximum Gasteiger partial charge on any atom is 0.371 e. The highest BCUT2D eigenvalue weighted by Crippen LogP contribution is 2.26. The van der Waals surface area contributed by atoms with Gasteiger partial charge < -0.3 is 19.6 Å². The van der Waals surface area contributed by atoms with Crippen LogP contribution in [0.15, 0.2) is 16.5 Å². The van der Waals surface area contributed by atoms with Crippen LogP contribution >= 0.6 is 0 Å². The molecule has 1 aromatic rings. The lowest BCUT2D eigenvalue weighted by molar-refractivity contribution is -0.0125. The van der Waals surface area contributed by atoms with Gasteiger partial charge in [-0.05, 0) is 38.8 Å². The van der Waals surface area contributed by atoms with Crippen LogP contribution in [0.25, 0.3) is 0 Å². The maximum atomic E-state index is 10.7. The Labute approximate surface area is 106 Å². The average Bonchev–Trinajstić information content (AvgIpc) is 2.75. The topological polar surface area (TPSA) is 71.7 Å². The number of rotatable bonds is 6. The normalized spacial score (nSPS) is 24.6. The molecule has 0 bridgehead atoms. The molecule has 1 aliphatic carbocycles. The Morgan fingerprint density at radius 3 is 2.89 bits per heavy atom. The van der Waals surface area contributed by atoms with Crippen LogP contribution in [-0.2, 0) is 4.74 Å². The van der Waals surface area contributed by atoms with Gasteiger partial charge in [-0.2, -0.15) is 0 Å². The van der Waals surface area contributed by atoms with E-state index in [0.717, 1.165) is 19.4 Å². The molecule has 0 spiro atoms. The Bertz CT molecular complexity index is 409. The van der Waals surface area contributed by atoms with E-state index in [2.05, 4.69) is 5.32 Å². The van der Waals surface area contributed by atoms with Crippen LogP contribution < -0.4 is 5.32 Å². The quantitative estimate of drug-likeness (QED) is 0.813. The third kappa shape index (κ3) is 2.91. The zero-order valence-corrected chi connectivity index (χ0v) is 10.7. The fourth-order valence-corrected chi connectivity index (χ4v) is 2.21. The molecule has 0 saturated heterocycles. The third-order valence-electron chi connectivity index (χ3n) is 3.25. The Hall–Kier alpha value is -1.33. The van der Waals surface area contributed by atoms with Crippen molar-refractivity contribution in [3.8, 4) is 0 Å². The first-order valence-corrected chi connectivity index (χ1v) is 6.30. The summed E-state index contributed by atoms with van der Waals surface area (Å²) in [6, 6.07) is 3.64.